The van der Waals surface area contributed by atoms with E-state index in [0.717, 1.165) is 32.0 Å². The number of fused-ring (bicyclic) bond motifs is 1. The molecule has 4 N–H and O–H groups in total. The highest BCUT2D eigenvalue weighted by Gasteiger charge is 2.58. The molecule has 0 aromatic heterocycles. The molecule has 2 aromatic rings. The summed E-state index contributed by atoms with van der Waals surface area (Å²) in [6.45, 7) is 3.39. The topological polar surface area (TPSA) is 112 Å². The van der Waals surface area contributed by atoms with Crippen LogP contribution in [0.3, 0.4) is 0 Å². The zero-order valence-corrected chi connectivity index (χ0v) is 24.3. The molecule has 1 amide bonds. The van der Waals surface area contributed by atoms with Crippen LogP contribution >= 0.6 is 23.2 Å². The molecule has 2 aromatic carbocycles. The Morgan fingerprint density at radius 1 is 1.20 bits per heavy atom. The predicted octanol–water partition coefficient (Wildman–Crippen LogP) is 4.82. The van der Waals surface area contributed by atoms with Crippen LogP contribution in [0.15, 0.2) is 53.7 Å². The average molecular weight is 603 g/mol. The first kappa shape index (κ1) is 29.5. The lowest BCUT2D eigenvalue weighted by Crippen LogP contribution is -2.46. The Bertz CT molecular complexity index is 1370. The van der Waals surface area contributed by atoms with Crippen molar-refractivity contribution in [2.45, 2.75) is 50.2 Å². The first-order valence-corrected chi connectivity index (χ1v) is 14.6. The van der Waals surface area contributed by atoms with Crippen LogP contribution in [0.4, 0.5) is 10.1 Å². The summed E-state index contributed by atoms with van der Waals surface area (Å²) < 4.78 is 20.8. The minimum atomic E-state index is -0.685. The van der Waals surface area contributed by atoms with Crippen molar-refractivity contribution in [1.29, 1.82) is 5.41 Å². The Morgan fingerprint density at radius 2 is 1.95 bits per heavy atom. The van der Waals surface area contributed by atoms with E-state index in [2.05, 4.69) is 15.1 Å². The third-order valence-electron chi connectivity index (χ3n) is 8.28. The fourth-order valence-electron chi connectivity index (χ4n) is 6.32. The number of likely N-dealkylation sites (tertiary alicyclic amines) is 2. The van der Waals surface area contributed by atoms with Crippen molar-refractivity contribution < 1.29 is 18.7 Å². The standard InChI is InChI=1S/C30H34Cl2FN5O3/c1-2-41-30(40)26(35)18(14-34)16-37-12-11-23-27(37)24(21-7-4-8-22(32)25(21)33)28(38(23)15-17-9-10-17)29(39)36-20-6-3-5-19(31)13-20/h3-8,13-14,17,23-24,27-28,34H,2,9-12,15-16,35H2,1H3,(H,36,39)/b26-18+,34-14?/t23?,24-,27+,28?/m0/s1. The zero-order chi connectivity index (χ0) is 29.3. The molecule has 2 unspecified atom stereocenters. The number of rotatable bonds is 10. The largest absolute Gasteiger partial charge is 0.461 e. The van der Waals surface area contributed by atoms with Crippen molar-refractivity contribution in [3.63, 3.8) is 0 Å². The van der Waals surface area contributed by atoms with E-state index in [0.29, 0.717) is 34.3 Å². The molecule has 8 nitrogen and oxygen atoms in total. The zero-order valence-electron chi connectivity index (χ0n) is 22.8. The third-order valence-corrected chi connectivity index (χ3v) is 8.80. The van der Waals surface area contributed by atoms with E-state index in [1.165, 1.54) is 6.07 Å². The van der Waals surface area contributed by atoms with E-state index in [9.17, 15) is 9.59 Å². The Balaban J connectivity index is 1.56. The molecule has 2 aliphatic heterocycles. The molecule has 218 valence electrons. The van der Waals surface area contributed by atoms with Gasteiger partial charge in [-0.15, -0.1) is 0 Å². The van der Waals surface area contributed by atoms with E-state index >= 15 is 4.39 Å². The van der Waals surface area contributed by atoms with Crippen LogP contribution < -0.4 is 11.1 Å². The maximum atomic E-state index is 15.8. The number of esters is 1. The molecule has 0 radical (unpaired) electrons. The molecule has 5 rings (SSSR count). The molecule has 4 atom stereocenters. The second-order valence-electron chi connectivity index (χ2n) is 10.9. The number of anilines is 1. The van der Waals surface area contributed by atoms with E-state index in [1.807, 2.05) is 0 Å². The van der Waals surface area contributed by atoms with Crippen LogP contribution in [0.1, 0.15) is 37.7 Å². The average Bonchev–Trinajstić information content (AvgIpc) is 3.59. The van der Waals surface area contributed by atoms with Crippen LogP contribution in [0, 0.1) is 17.1 Å². The minimum Gasteiger partial charge on any atom is -0.461 e. The second kappa shape index (κ2) is 12.5. The minimum absolute atomic E-state index is 0.00938. The number of halogens is 3. The summed E-state index contributed by atoms with van der Waals surface area (Å²) in [7, 11) is 0. The summed E-state index contributed by atoms with van der Waals surface area (Å²) >= 11 is 12.5. The van der Waals surface area contributed by atoms with Gasteiger partial charge in [0, 0.05) is 60.1 Å². The number of hydrogen-bond donors (Lipinski definition) is 3. The van der Waals surface area contributed by atoms with Crippen molar-refractivity contribution in [1.82, 2.24) is 9.80 Å². The van der Waals surface area contributed by atoms with Gasteiger partial charge in [-0.25, -0.2) is 9.18 Å². The number of ether oxygens (including phenoxy) is 1. The third kappa shape index (κ3) is 6.14. The molecule has 41 heavy (non-hydrogen) atoms. The fraction of sp³-hybridized carbons (Fsp3) is 0.433. The summed E-state index contributed by atoms with van der Waals surface area (Å²) in [5.74, 6) is -1.58. The van der Waals surface area contributed by atoms with Gasteiger partial charge in [-0.3, -0.25) is 14.6 Å². The summed E-state index contributed by atoms with van der Waals surface area (Å²) in [6, 6.07) is 10.8. The van der Waals surface area contributed by atoms with Gasteiger partial charge in [0.05, 0.1) is 17.7 Å². The first-order chi connectivity index (χ1) is 19.7. The molecule has 1 saturated carbocycles. The first-order valence-electron chi connectivity index (χ1n) is 13.9. The SMILES string of the molecule is CCOC(=O)/C(N)=C(/C=N)CN1CCC2[C@@H]1[C@H](c1cccc(Cl)c1F)C(C(=O)Nc1cccc(Cl)c1)N2CC1CC1. The van der Waals surface area contributed by atoms with Crippen LogP contribution in [-0.2, 0) is 14.3 Å². The van der Waals surface area contributed by atoms with Gasteiger partial charge in [-0.1, -0.05) is 41.4 Å². The number of nitrogens with two attached hydrogens (primary N) is 1. The predicted molar refractivity (Wildman–Crippen MR) is 158 cm³/mol. The van der Waals surface area contributed by atoms with Gasteiger partial charge >= 0.3 is 5.97 Å². The summed E-state index contributed by atoms with van der Waals surface area (Å²) in [5, 5.41) is 11.5. The van der Waals surface area contributed by atoms with Crippen molar-refractivity contribution in [2.75, 3.05) is 31.6 Å². The quantitative estimate of drug-likeness (QED) is 0.204. The number of carbonyl (C=O) groups is 2. The highest BCUT2D eigenvalue weighted by molar-refractivity contribution is 6.31. The normalized spacial score (nSPS) is 25.0. The molecule has 0 bridgehead atoms. The molecule has 3 fully saturated rings. The lowest BCUT2D eigenvalue weighted by atomic mass is 9.85. The Morgan fingerprint density at radius 3 is 2.63 bits per heavy atom. The number of amides is 1. The maximum absolute atomic E-state index is 15.8. The van der Waals surface area contributed by atoms with Crippen LogP contribution in [0.25, 0.3) is 0 Å². The van der Waals surface area contributed by atoms with Crippen LogP contribution in [0.2, 0.25) is 10.0 Å². The smallest absolute Gasteiger partial charge is 0.354 e. The van der Waals surface area contributed by atoms with Crippen molar-refractivity contribution in [3.8, 4) is 0 Å². The molecular weight excluding hydrogens is 568 g/mol. The van der Waals surface area contributed by atoms with Gasteiger partial charge in [0.1, 0.15) is 11.5 Å². The second-order valence-corrected chi connectivity index (χ2v) is 11.7. The Labute approximate surface area is 249 Å². The lowest BCUT2D eigenvalue weighted by molar-refractivity contribution is -0.138. The van der Waals surface area contributed by atoms with E-state index in [1.54, 1.807) is 43.3 Å². The molecular formula is C30H34Cl2FN5O3. The number of nitrogens with zero attached hydrogens (tertiary/aromatic N) is 2. The fourth-order valence-corrected chi connectivity index (χ4v) is 6.69. The molecule has 1 aliphatic carbocycles. The molecule has 2 heterocycles. The summed E-state index contributed by atoms with van der Waals surface area (Å²) in [4.78, 5) is 30.8. The molecule has 11 heteroatoms. The highest BCUT2D eigenvalue weighted by atomic mass is 35.5. The van der Waals surface area contributed by atoms with Crippen LogP contribution in [-0.4, -0.2) is 72.3 Å². The van der Waals surface area contributed by atoms with E-state index in [4.69, 9.17) is 39.1 Å². The number of nitrogens with one attached hydrogen (secondary N) is 2. The van der Waals surface area contributed by atoms with Crippen molar-refractivity contribution >= 4 is 47.0 Å². The lowest BCUT2D eigenvalue weighted by Gasteiger charge is -2.32. The Hall–Kier alpha value is -2.98. The number of carbonyl (C=O) groups excluding carboxylic acids is 2. The van der Waals surface area contributed by atoms with Gasteiger partial charge in [0.2, 0.25) is 5.91 Å². The van der Waals surface area contributed by atoms with Crippen molar-refractivity contribution in [3.05, 3.63) is 75.2 Å². The number of benzene rings is 2. The van der Waals surface area contributed by atoms with Gasteiger partial charge in [-0.2, -0.15) is 0 Å². The molecule has 2 saturated heterocycles. The van der Waals surface area contributed by atoms with Gasteiger partial charge in [-0.05, 0) is 61.9 Å². The van der Waals surface area contributed by atoms with E-state index in [-0.39, 0.29) is 41.9 Å². The molecule has 3 aliphatic rings. The van der Waals surface area contributed by atoms with E-state index < -0.39 is 23.7 Å². The maximum Gasteiger partial charge on any atom is 0.354 e. The highest BCUT2D eigenvalue weighted by Crippen LogP contribution is 2.48. The van der Waals surface area contributed by atoms with Crippen molar-refractivity contribution in [2.24, 2.45) is 11.7 Å². The summed E-state index contributed by atoms with van der Waals surface area (Å²) in [5.41, 5.74) is 7.21. The monoisotopic (exact) mass is 601 g/mol. The molecule has 0 spiro atoms. The van der Waals surface area contributed by atoms with Crippen LogP contribution in [0.5, 0.6) is 0 Å². The van der Waals surface area contributed by atoms with Gasteiger partial charge in [0.25, 0.3) is 0 Å². The Kier molecular flexibility index (Phi) is 8.99. The van der Waals surface area contributed by atoms with Gasteiger partial charge < -0.3 is 21.2 Å². The number of hydrogen-bond acceptors (Lipinski definition) is 7. The summed E-state index contributed by atoms with van der Waals surface area (Å²) in [6.07, 6.45) is 3.98. The van der Waals surface area contributed by atoms with Gasteiger partial charge in [0.15, 0.2) is 0 Å².